The molecule has 2 aromatic rings. The number of ether oxygens (including phenoxy) is 1. The van der Waals surface area contributed by atoms with Crippen molar-refractivity contribution < 1.29 is 14.3 Å². The van der Waals surface area contributed by atoms with Crippen LogP contribution in [0.15, 0.2) is 24.3 Å². The van der Waals surface area contributed by atoms with Gasteiger partial charge < -0.3 is 15.0 Å². The monoisotopic (exact) mass is 360 g/mol. The number of primary amides is 1. The first-order valence-electron chi connectivity index (χ1n) is 8.30. The second kappa shape index (κ2) is 6.92. The quantitative estimate of drug-likeness (QED) is 0.799. The van der Waals surface area contributed by atoms with Gasteiger partial charge in [0.1, 0.15) is 0 Å². The molecule has 5 nitrogen and oxygen atoms in total. The number of benzene rings is 1. The topological polar surface area (TPSA) is 74.3 Å². The van der Waals surface area contributed by atoms with Crippen LogP contribution in [-0.4, -0.2) is 23.6 Å². The van der Waals surface area contributed by atoms with Gasteiger partial charge in [-0.15, -0.1) is 0 Å². The summed E-state index contributed by atoms with van der Waals surface area (Å²) in [6.45, 7) is 1.92. The fraction of sp³-hybridized carbons (Fsp3) is 0.368. The Hall–Kier alpha value is -2.27. The molecule has 0 aliphatic heterocycles. The molecule has 0 unspecified atom stereocenters. The third-order valence-corrected chi connectivity index (χ3v) is 4.89. The van der Waals surface area contributed by atoms with Crippen molar-refractivity contribution in [2.45, 2.75) is 38.6 Å². The number of esters is 1. The summed E-state index contributed by atoms with van der Waals surface area (Å²) in [4.78, 5) is 23.8. The van der Waals surface area contributed by atoms with Crippen molar-refractivity contribution in [3.8, 4) is 11.1 Å². The van der Waals surface area contributed by atoms with E-state index in [4.69, 9.17) is 22.1 Å². The molecule has 0 saturated heterocycles. The zero-order valence-corrected chi connectivity index (χ0v) is 15.1. The zero-order valence-electron chi connectivity index (χ0n) is 14.3. The van der Waals surface area contributed by atoms with Gasteiger partial charge >= 0.3 is 5.97 Å². The summed E-state index contributed by atoms with van der Waals surface area (Å²) in [6.07, 6.45) is 2.89. The summed E-state index contributed by atoms with van der Waals surface area (Å²) in [5, 5.41) is 0.624. The summed E-state index contributed by atoms with van der Waals surface area (Å²) in [6, 6.07) is 7.70. The first kappa shape index (κ1) is 17.5. The number of halogens is 1. The molecule has 1 fully saturated rings. The van der Waals surface area contributed by atoms with Gasteiger partial charge in [0, 0.05) is 28.0 Å². The number of nitrogens with two attached hydrogens (primary N) is 1. The molecule has 0 radical (unpaired) electrons. The maximum atomic E-state index is 12.2. The second-order valence-electron chi connectivity index (χ2n) is 6.33. The highest BCUT2D eigenvalue weighted by Gasteiger charge is 2.33. The number of carbonyl (C=O) groups is 2. The van der Waals surface area contributed by atoms with E-state index in [1.807, 2.05) is 19.1 Å². The highest BCUT2D eigenvalue weighted by atomic mass is 35.5. The average molecular weight is 361 g/mol. The molecule has 1 heterocycles. The van der Waals surface area contributed by atoms with Crippen molar-refractivity contribution in [3.05, 3.63) is 46.2 Å². The molecule has 3 rings (SSSR count). The number of nitrogens with zero attached hydrogens (tertiary/aromatic N) is 1. The largest absolute Gasteiger partial charge is 0.469 e. The van der Waals surface area contributed by atoms with Gasteiger partial charge in [-0.3, -0.25) is 9.59 Å². The van der Waals surface area contributed by atoms with Crippen LogP contribution in [0.4, 0.5) is 0 Å². The van der Waals surface area contributed by atoms with Crippen LogP contribution in [0.1, 0.15) is 47.1 Å². The molecule has 0 bridgehead atoms. The summed E-state index contributed by atoms with van der Waals surface area (Å²) >= 11 is 6.00. The lowest BCUT2D eigenvalue weighted by molar-refractivity contribution is -0.140. The van der Waals surface area contributed by atoms with Crippen molar-refractivity contribution in [2.24, 2.45) is 5.73 Å². The van der Waals surface area contributed by atoms with E-state index in [0.717, 1.165) is 35.4 Å². The fourth-order valence-electron chi connectivity index (χ4n) is 3.39. The minimum absolute atomic E-state index is 0.255. The fourth-order valence-corrected chi connectivity index (χ4v) is 3.52. The van der Waals surface area contributed by atoms with E-state index < -0.39 is 5.91 Å². The van der Waals surface area contributed by atoms with Gasteiger partial charge in [-0.05, 0) is 43.9 Å². The lowest BCUT2D eigenvalue weighted by Crippen LogP contribution is -2.13. The highest BCUT2D eigenvalue weighted by molar-refractivity contribution is 6.30. The van der Waals surface area contributed by atoms with Crippen LogP contribution in [0, 0.1) is 6.92 Å². The predicted molar refractivity (Wildman–Crippen MR) is 96.7 cm³/mol. The summed E-state index contributed by atoms with van der Waals surface area (Å²) in [7, 11) is 1.38. The standard InChI is InChI=1S/C19H21ClN2O3/c1-11-17(19(21)24)18(12-3-5-13(20)6-4-12)15(9-10-16(23)25-2)22(11)14-7-8-14/h3-6,14H,7-10H2,1-2H3,(H2,21,24). The molecule has 1 aromatic carbocycles. The Morgan fingerprint density at radius 1 is 1.28 bits per heavy atom. The van der Waals surface area contributed by atoms with Gasteiger partial charge in [0.05, 0.1) is 19.1 Å². The Balaban J connectivity index is 2.18. The molecule has 2 N–H and O–H groups in total. The number of amides is 1. The van der Waals surface area contributed by atoms with Crippen molar-refractivity contribution in [1.82, 2.24) is 4.57 Å². The minimum atomic E-state index is -0.457. The van der Waals surface area contributed by atoms with Gasteiger partial charge in [0.2, 0.25) is 0 Å². The van der Waals surface area contributed by atoms with Crippen LogP contribution in [0.2, 0.25) is 5.02 Å². The molecule has 1 aromatic heterocycles. The number of carbonyl (C=O) groups excluding carboxylic acids is 2. The average Bonchev–Trinajstić information content (AvgIpc) is 3.37. The number of hydrogen-bond donors (Lipinski definition) is 1. The Bertz CT molecular complexity index is 820. The van der Waals surface area contributed by atoms with Gasteiger partial charge in [-0.25, -0.2) is 0 Å². The lowest BCUT2D eigenvalue weighted by atomic mass is 9.98. The van der Waals surface area contributed by atoms with E-state index in [1.54, 1.807) is 12.1 Å². The van der Waals surface area contributed by atoms with Crippen molar-refractivity contribution in [1.29, 1.82) is 0 Å². The van der Waals surface area contributed by atoms with Gasteiger partial charge in [-0.1, -0.05) is 23.7 Å². The van der Waals surface area contributed by atoms with Crippen molar-refractivity contribution in [2.75, 3.05) is 7.11 Å². The Kier molecular flexibility index (Phi) is 4.86. The number of aromatic nitrogens is 1. The smallest absolute Gasteiger partial charge is 0.305 e. The molecule has 1 saturated carbocycles. The number of hydrogen-bond acceptors (Lipinski definition) is 3. The van der Waals surface area contributed by atoms with Gasteiger partial charge in [-0.2, -0.15) is 0 Å². The van der Waals surface area contributed by atoms with E-state index in [1.165, 1.54) is 7.11 Å². The predicted octanol–water partition coefficient (Wildman–Crippen LogP) is 3.66. The third-order valence-electron chi connectivity index (χ3n) is 4.64. The van der Waals surface area contributed by atoms with E-state index in [2.05, 4.69) is 4.57 Å². The summed E-state index contributed by atoms with van der Waals surface area (Å²) in [5.41, 5.74) is 9.72. The number of methoxy groups -OCH3 is 1. The van der Waals surface area contributed by atoms with E-state index in [9.17, 15) is 9.59 Å². The molecule has 1 amide bonds. The first-order chi connectivity index (χ1) is 11.9. The Morgan fingerprint density at radius 3 is 2.44 bits per heavy atom. The molecular formula is C19H21ClN2O3. The van der Waals surface area contributed by atoms with Crippen molar-refractivity contribution >= 4 is 23.5 Å². The third kappa shape index (κ3) is 3.42. The maximum absolute atomic E-state index is 12.2. The Labute approximate surface area is 151 Å². The van der Waals surface area contributed by atoms with Crippen molar-refractivity contribution in [3.63, 3.8) is 0 Å². The van der Waals surface area contributed by atoms with Gasteiger partial charge in [0.15, 0.2) is 0 Å². The zero-order chi connectivity index (χ0) is 18.1. The molecule has 6 heteroatoms. The second-order valence-corrected chi connectivity index (χ2v) is 6.77. The Morgan fingerprint density at radius 2 is 1.92 bits per heavy atom. The molecule has 132 valence electrons. The van der Waals surface area contributed by atoms with Crippen LogP contribution < -0.4 is 5.73 Å². The maximum Gasteiger partial charge on any atom is 0.305 e. The molecule has 0 atom stereocenters. The molecule has 25 heavy (non-hydrogen) atoms. The van der Waals surface area contributed by atoms with Crippen LogP contribution in [0.3, 0.4) is 0 Å². The van der Waals surface area contributed by atoms with Gasteiger partial charge in [0.25, 0.3) is 5.91 Å². The first-order valence-corrected chi connectivity index (χ1v) is 8.68. The van der Waals surface area contributed by atoms with E-state index in [0.29, 0.717) is 23.0 Å². The van der Waals surface area contributed by atoms with Crippen LogP contribution >= 0.6 is 11.6 Å². The number of rotatable bonds is 6. The van der Waals surface area contributed by atoms with E-state index in [-0.39, 0.29) is 12.4 Å². The normalized spacial score (nSPS) is 13.7. The lowest BCUT2D eigenvalue weighted by Gasteiger charge is -2.12. The highest BCUT2D eigenvalue weighted by Crippen LogP contribution is 2.43. The van der Waals surface area contributed by atoms with Crippen LogP contribution in [0.25, 0.3) is 11.1 Å². The van der Waals surface area contributed by atoms with E-state index >= 15 is 0 Å². The van der Waals surface area contributed by atoms with Crippen LogP contribution in [0.5, 0.6) is 0 Å². The molecular weight excluding hydrogens is 340 g/mol. The summed E-state index contributed by atoms with van der Waals surface area (Å²) in [5.74, 6) is -0.731. The van der Waals surface area contributed by atoms with Crippen LogP contribution in [-0.2, 0) is 16.0 Å². The molecule has 1 aliphatic rings. The molecule has 0 spiro atoms. The molecule has 1 aliphatic carbocycles. The SMILES string of the molecule is COC(=O)CCc1c(-c2ccc(Cl)cc2)c(C(N)=O)c(C)n1C1CC1. The summed E-state index contributed by atoms with van der Waals surface area (Å²) < 4.78 is 6.95. The minimum Gasteiger partial charge on any atom is -0.469 e.